The molecule has 4 rings (SSSR count). The number of hydrogen-bond acceptors (Lipinski definition) is 4. The molecule has 0 spiro atoms. The van der Waals surface area contributed by atoms with E-state index in [1.807, 2.05) is 18.7 Å². The lowest BCUT2D eigenvalue weighted by Gasteiger charge is -2.38. The highest BCUT2D eigenvalue weighted by atomic mass is 32.2. The van der Waals surface area contributed by atoms with Gasteiger partial charge < -0.3 is 9.64 Å². The molecule has 3 aliphatic rings. The smallest absolute Gasteiger partial charge is 0.247 e. The summed E-state index contributed by atoms with van der Waals surface area (Å²) in [4.78, 5) is 15.9. The molecule has 1 saturated heterocycles. The van der Waals surface area contributed by atoms with Crippen LogP contribution >= 0.6 is 0 Å². The van der Waals surface area contributed by atoms with Crippen molar-refractivity contribution in [3.63, 3.8) is 0 Å². The normalized spacial score (nSPS) is 28.7. The van der Waals surface area contributed by atoms with Crippen molar-refractivity contribution in [3.05, 3.63) is 23.8 Å². The predicted octanol–water partition coefficient (Wildman–Crippen LogP) is 3.87. The van der Waals surface area contributed by atoms with Crippen LogP contribution < -0.4 is 4.74 Å². The second kappa shape index (κ2) is 8.87. The van der Waals surface area contributed by atoms with E-state index in [0.29, 0.717) is 31.7 Å². The molecule has 0 bridgehead atoms. The number of rotatable bonds is 1. The zero-order valence-corrected chi connectivity index (χ0v) is 19.0. The monoisotopic (exact) mass is 434 g/mol. The van der Waals surface area contributed by atoms with E-state index in [4.69, 9.17) is 4.74 Å². The van der Waals surface area contributed by atoms with Gasteiger partial charge in [-0.25, -0.2) is 8.42 Å². The number of nitrogens with zero attached hydrogens (tertiary/aromatic N) is 2. The lowest BCUT2D eigenvalue weighted by molar-refractivity contribution is -0.137. The van der Waals surface area contributed by atoms with Gasteiger partial charge in [0.1, 0.15) is 16.7 Å². The summed E-state index contributed by atoms with van der Waals surface area (Å²) in [6.45, 7) is 4.99. The minimum Gasteiger partial charge on any atom is -0.489 e. The molecule has 0 radical (unpaired) electrons. The van der Waals surface area contributed by atoms with E-state index >= 15 is 0 Å². The van der Waals surface area contributed by atoms with Crippen molar-refractivity contribution in [3.8, 4) is 5.75 Å². The number of sulfonamides is 1. The zero-order valence-electron chi connectivity index (χ0n) is 18.2. The molecule has 6 nitrogen and oxygen atoms in total. The first kappa shape index (κ1) is 21.6. The molecule has 30 heavy (non-hydrogen) atoms. The van der Waals surface area contributed by atoms with Gasteiger partial charge in [0.15, 0.2) is 0 Å². The molecule has 0 unspecified atom stereocenters. The molecule has 1 aromatic rings. The van der Waals surface area contributed by atoms with E-state index in [0.717, 1.165) is 44.1 Å². The molecule has 2 aliphatic heterocycles. The summed E-state index contributed by atoms with van der Waals surface area (Å²) >= 11 is 0. The molecule has 1 amide bonds. The van der Waals surface area contributed by atoms with Crippen LogP contribution in [0.4, 0.5) is 0 Å². The Morgan fingerprint density at radius 1 is 0.967 bits per heavy atom. The van der Waals surface area contributed by atoms with Gasteiger partial charge in [-0.2, -0.15) is 4.31 Å². The van der Waals surface area contributed by atoms with Gasteiger partial charge in [-0.1, -0.05) is 25.3 Å². The van der Waals surface area contributed by atoms with Crippen LogP contribution in [-0.2, 0) is 14.8 Å². The second-order valence-electron chi connectivity index (χ2n) is 9.12. The number of ether oxygens (including phenoxy) is 1. The Morgan fingerprint density at radius 2 is 1.70 bits per heavy atom. The van der Waals surface area contributed by atoms with Crippen LogP contribution in [0.15, 0.2) is 23.1 Å². The van der Waals surface area contributed by atoms with Gasteiger partial charge in [0.25, 0.3) is 0 Å². The molecule has 7 heteroatoms. The largest absolute Gasteiger partial charge is 0.489 e. The van der Waals surface area contributed by atoms with Crippen LogP contribution in [0.2, 0.25) is 0 Å². The summed E-state index contributed by atoms with van der Waals surface area (Å²) in [6, 6.07) is 4.89. The highest BCUT2D eigenvalue weighted by Gasteiger charge is 2.43. The maximum atomic E-state index is 13.7. The Kier molecular flexibility index (Phi) is 6.39. The highest BCUT2D eigenvalue weighted by Crippen LogP contribution is 2.35. The first-order valence-corrected chi connectivity index (χ1v) is 12.9. The molecule has 1 saturated carbocycles. The Balaban J connectivity index is 1.73. The number of fused-ring (bicyclic) bond motifs is 2. The van der Waals surface area contributed by atoms with Crippen LogP contribution in [0.1, 0.15) is 70.3 Å². The minimum atomic E-state index is -3.81. The summed E-state index contributed by atoms with van der Waals surface area (Å²) in [5.74, 6) is 0.413. The van der Waals surface area contributed by atoms with E-state index < -0.39 is 16.1 Å². The number of carbonyl (C=O) groups is 1. The van der Waals surface area contributed by atoms with Gasteiger partial charge >= 0.3 is 0 Å². The fourth-order valence-corrected chi connectivity index (χ4v) is 6.96. The van der Waals surface area contributed by atoms with Crippen LogP contribution in [0.3, 0.4) is 0 Å². The lowest BCUT2D eigenvalue weighted by Crippen LogP contribution is -2.52. The zero-order chi connectivity index (χ0) is 21.3. The number of carbonyl (C=O) groups excluding carboxylic acids is 1. The van der Waals surface area contributed by atoms with Gasteiger partial charge in [-0.3, -0.25) is 4.79 Å². The van der Waals surface area contributed by atoms with Crippen molar-refractivity contribution >= 4 is 15.9 Å². The first-order valence-electron chi connectivity index (χ1n) is 11.5. The Morgan fingerprint density at radius 3 is 2.47 bits per heavy atom. The van der Waals surface area contributed by atoms with Crippen molar-refractivity contribution in [2.75, 3.05) is 13.1 Å². The molecule has 2 atom stereocenters. The highest BCUT2D eigenvalue weighted by molar-refractivity contribution is 7.89. The predicted molar refractivity (Wildman–Crippen MR) is 116 cm³/mol. The van der Waals surface area contributed by atoms with Crippen molar-refractivity contribution in [1.82, 2.24) is 9.21 Å². The van der Waals surface area contributed by atoms with E-state index in [2.05, 4.69) is 0 Å². The third-order valence-electron chi connectivity index (χ3n) is 6.81. The fourth-order valence-electron chi connectivity index (χ4n) is 5.20. The summed E-state index contributed by atoms with van der Waals surface area (Å²) in [5.41, 5.74) is 0.959. The third-order valence-corrected chi connectivity index (χ3v) is 8.76. The average molecular weight is 435 g/mol. The summed E-state index contributed by atoms with van der Waals surface area (Å²) in [5, 5.41) is 0. The minimum absolute atomic E-state index is 0.00535. The molecule has 166 valence electrons. The number of benzene rings is 1. The standard InChI is InChI=1S/C23H34N2O4S/c1-17-12-13-22-21(16-17)29-18(2)8-6-14-24(19-9-4-3-5-10-19)23(26)20-11-7-15-25(20)30(22,27)28/h12-13,16,18-20H,3-11,14-15H2,1-2H3/t18-,20-/m0/s1. The molecule has 2 heterocycles. The lowest BCUT2D eigenvalue weighted by atomic mass is 9.93. The van der Waals surface area contributed by atoms with Crippen LogP contribution in [0.25, 0.3) is 0 Å². The van der Waals surface area contributed by atoms with Gasteiger partial charge in [-0.05, 0) is 70.1 Å². The maximum absolute atomic E-state index is 13.7. The van der Waals surface area contributed by atoms with E-state index in [-0.39, 0.29) is 22.9 Å². The topological polar surface area (TPSA) is 66.9 Å². The Hall–Kier alpha value is -1.60. The summed E-state index contributed by atoms with van der Waals surface area (Å²) in [7, 11) is -3.81. The van der Waals surface area contributed by atoms with Crippen molar-refractivity contribution in [2.45, 2.75) is 94.7 Å². The van der Waals surface area contributed by atoms with Crippen LogP contribution in [0, 0.1) is 6.92 Å². The van der Waals surface area contributed by atoms with Crippen molar-refractivity contribution in [1.29, 1.82) is 0 Å². The van der Waals surface area contributed by atoms with Gasteiger partial charge in [0, 0.05) is 19.1 Å². The van der Waals surface area contributed by atoms with Crippen molar-refractivity contribution < 1.29 is 17.9 Å². The molecular formula is C23H34N2O4S. The van der Waals surface area contributed by atoms with Gasteiger partial charge in [0.05, 0.1) is 6.10 Å². The molecule has 1 aromatic carbocycles. The van der Waals surface area contributed by atoms with Gasteiger partial charge in [-0.15, -0.1) is 0 Å². The summed E-state index contributed by atoms with van der Waals surface area (Å²) < 4.78 is 34.9. The Labute approximate surface area is 180 Å². The molecule has 0 N–H and O–H groups in total. The van der Waals surface area contributed by atoms with E-state index in [1.54, 1.807) is 18.2 Å². The Bertz CT molecular complexity index is 879. The molecule has 2 fully saturated rings. The van der Waals surface area contributed by atoms with Crippen molar-refractivity contribution in [2.24, 2.45) is 0 Å². The summed E-state index contributed by atoms with van der Waals surface area (Å²) in [6.07, 6.45) is 8.43. The van der Waals surface area contributed by atoms with E-state index in [1.165, 1.54) is 10.7 Å². The average Bonchev–Trinajstić information content (AvgIpc) is 3.21. The van der Waals surface area contributed by atoms with E-state index in [9.17, 15) is 13.2 Å². The van der Waals surface area contributed by atoms with Gasteiger partial charge in [0.2, 0.25) is 15.9 Å². The number of amides is 1. The fraction of sp³-hybridized carbons (Fsp3) is 0.696. The number of hydrogen-bond donors (Lipinski definition) is 0. The van der Waals surface area contributed by atoms with Crippen LogP contribution in [0.5, 0.6) is 5.75 Å². The maximum Gasteiger partial charge on any atom is 0.247 e. The van der Waals surface area contributed by atoms with Crippen LogP contribution in [-0.4, -0.2) is 54.8 Å². The second-order valence-corrected chi connectivity index (χ2v) is 11.0. The molecule has 1 aliphatic carbocycles. The molecule has 0 aromatic heterocycles. The number of aryl methyl sites for hydroxylation is 1. The third kappa shape index (κ3) is 4.24. The first-order chi connectivity index (χ1) is 14.4. The SMILES string of the molecule is Cc1ccc2c(c1)O[C@@H](C)CCCN(C1CCCCC1)C(=O)[C@@H]1CCCN1S2(=O)=O. The molecular weight excluding hydrogens is 400 g/mol. The quantitative estimate of drug-likeness (QED) is 0.673.